The fourth-order valence-corrected chi connectivity index (χ4v) is 2.98. The van der Waals surface area contributed by atoms with E-state index in [1.54, 1.807) is 20.8 Å². The second-order valence-corrected chi connectivity index (χ2v) is 7.38. The molecule has 3 N–H and O–H groups in total. The van der Waals surface area contributed by atoms with Crippen LogP contribution in [0.25, 0.3) is 0 Å². The molecule has 27 heavy (non-hydrogen) atoms. The zero-order valence-electron chi connectivity index (χ0n) is 16.1. The van der Waals surface area contributed by atoms with Gasteiger partial charge in [0.15, 0.2) is 0 Å². The van der Waals surface area contributed by atoms with E-state index < -0.39 is 11.5 Å². The number of ether oxygens (including phenoxy) is 1. The highest BCUT2D eigenvalue weighted by molar-refractivity contribution is 5.77. The summed E-state index contributed by atoms with van der Waals surface area (Å²) in [6.45, 7) is 7.88. The van der Waals surface area contributed by atoms with Gasteiger partial charge in [-0.25, -0.2) is 4.98 Å². The van der Waals surface area contributed by atoms with Gasteiger partial charge in [-0.3, -0.25) is 19.4 Å². The highest BCUT2D eigenvalue weighted by Gasteiger charge is 2.22. The number of carboxylic acid groups (broad SMARTS) is 1. The van der Waals surface area contributed by atoms with Crippen molar-refractivity contribution in [2.24, 2.45) is 0 Å². The third-order valence-electron chi connectivity index (χ3n) is 4.56. The minimum absolute atomic E-state index is 0.0149. The number of morpholine rings is 1. The van der Waals surface area contributed by atoms with Crippen LogP contribution in [0.5, 0.6) is 0 Å². The van der Waals surface area contributed by atoms with E-state index in [4.69, 9.17) is 9.84 Å². The van der Waals surface area contributed by atoms with E-state index >= 15 is 0 Å². The lowest BCUT2D eigenvalue weighted by Crippen LogP contribution is -2.44. The van der Waals surface area contributed by atoms with E-state index in [0.29, 0.717) is 49.9 Å². The van der Waals surface area contributed by atoms with Gasteiger partial charge in [0.1, 0.15) is 0 Å². The van der Waals surface area contributed by atoms with Gasteiger partial charge in [-0.1, -0.05) is 0 Å². The average molecular weight is 380 g/mol. The molecular formula is C18H28N4O5. The van der Waals surface area contributed by atoms with E-state index in [9.17, 15) is 14.4 Å². The molecule has 1 fully saturated rings. The zero-order valence-corrected chi connectivity index (χ0v) is 16.1. The van der Waals surface area contributed by atoms with Crippen LogP contribution in [0.4, 0.5) is 5.95 Å². The predicted octanol–water partition coefficient (Wildman–Crippen LogP) is 0.607. The van der Waals surface area contributed by atoms with Crippen molar-refractivity contribution in [3.8, 4) is 0 Å². The number of carbonyl (C=O) groups excluding carboxylic acids is 1. The Morgan fingerprint density at radius 3 is 2.56 bits per heavy atom. The third kappa shape index (κ3) is 6.35. The Morgan fingerprint density at radius 2 is 1.96 bits per heavy atom. The predicted molar refractivity (Wildman–Crippen MR) is 100 cm³/mol. The minimum atomic E-state index is -0.897. The van der Waals surface area contributed by atoms with Crippen LogP contribution in [0.2, 0.25) is 0 Å². The maximum Gasteiger partial charge on any atom is 0.303 e. The zero-order chi connectivity index (χ0) is 20.0. The van der Waals surface area contributed by atoms with Gasteiger partial charge >= 0.3 is 5.97 Å². The van der Waals surface area contributed by atoms with Crippen LogP contribution in [0.15, 0.2) is 4.79 Å². The second kappa shape index (κ2) is 8.98. The van der Waals surface area contributed by atoms with E-state index in [-0.39, 0.29) is 30.7 Å². The Hall–Kier alpha value is -2.42. The first-order valence-corrected chi connectivity index (χ1v) is 9.13. The molecule has 2 heterocycles. The maximum atomic E-state index is 12.4. The van der Waals surface area contributed by atoms with Crippen LogP contribution in [-0.2, 0) is 20.7 Å². The van der Waals surface area contributed by atoms with Gasteiger partial charge in [0.2, 0.25) is 11.9 Å². The molecule has 0 spiro atoms. The normalized spacial score (nSPS) is 14.9. The molecule has 150 valence electrons. The molecule has 0 bridgehead atoms. The lowest BCUT2D eigenvalue weighted by Gasteiger charge is -2.27. The molecule has 1 saturated heterocycles. The van der Waals surface area contributed by atoms with E-state index in [1.807, 2.05) is 4.90 Å². The van der Waals surface area contributed by atoms with Crippen molar-refractivity contribution in [3.63, 3.8) is 0 Å². The van der Waals surface area contributed by atoms with Crippen molar-refractivity contribution in [1.82, 2.24) is 15.3 Å². The van der Waals surface area contributed by atoms with Gasteiger partial charge in [0.05, 0.1) is 13.2 Å². The summed E-state index contributed by atoms with van der Waals surface area (Å²) in [5, 5.41) is 11.6. The molecule has 9 heteroatoms. The molecule has 0 aliphatic carbocycles. The van der Waals surface area contributed by atoms with Crippen LogP contribution < -0.4 is 15.8 Å². The Balaban J connectivity index is 1.96. The van der Waals surface area contributed by atoms with Crippen LogP contribution in [0.1, 0.15) is 44.4 Å². The summed E-state index contributed by atoms with van der Waals surface area (Å²) in [6, 6.07) is 0. The number of anilines is 1. The molecule has 0 aromatic carbocycles. The van der Waals surface area contributed by atoms with Crippen molar-refractivity contribution in [2.45, 2.75) is 52.0 Å². The van der Waals surface area contributed by atoms with Crippen molar-refractivity contribution in [2.75, 3.05) is 31.2 Å². The SMILES string of the molecule is Cc1nc(N2CCOCC2)[nH]c(=O)c1CCC(=O)NC(C)(C)CCC(=O)O. The number of aromatic amines is 1. The van der Waals surface area contributed by atoms with Crippen LogP contribution in [-0.4, -0.2) is 58.8 Å². The summed E-state index contributed by atoms with van der Waals surface area (Å²) >= 11 is 0. The van der Waals surface area contributed by atoms with Gasteiger partial charge in [-0.05, 0) is 33.6 Å². The molecular weight excluding hydrogens is 352 g/mol. The van der Waals surface area contributed by atoms with Gasteiger partial charge in [-0.2, -0.15) is 0 Å². The molecule has 0 saturated carbocycles. The molecule has 9 nitrogen and oxygen atoms in total. The summed E-state index contributed by atoms with van der Waals surface area (Å²) in [7, 11) is 0. The van der Waals surface area contributed by atoms with Crippen molar-refractivity contribution in [1.29, 1.82) is 0 Å². The number of aliphatic carboxylic acids is 1. The van der Waals surface area contributed by atoms with Crippen LogP contribution in [0.3, 0.4) is 0 Å². The Kier molecular flexibility index (Phi) is 6.95. The molecule has 0 atom stereocenters. The molecule has 1 amide bonds. The maximum absolute atomic E-state index is 12.4. The monoisotopic (exact) mass is 380 g/mol. The Labute approximate surface area is 158 Å². The third-order valence-corrected chi connectivity index (χ3v) is 4.56. The van der Waals surface area contributed by atoms with Crippen molar-refractivity contribution in [3.05, 3.63) is 21.6 Å². The summed E-state index contributed by atoms with van der Waals surface area (Å²) in [5.41, 5.74) is 0.251. The fraction of sp³-hybridized carbons (Fsp3) is 0.667. The average Bonchev–Trinajstić information content (AvgIpc) is 2.59. The van der Waals surface area contributed by atoms with E-state index in [0.717, 1.165) is 0 Å². The molecule has 1 aliphatic rings. The van der Waals surface area contributed by atoms with Crippen LogP contribution >= 0.6 is 0 Å². The Morgan fingerprint density at radius 1 is 1.30 bits per heavy atom. The lowest BCUT2D eigenvalue weighted by molar-refractivity contribution is -0.137. The number of aromatic nitrogens is 2. The molecule has 1 aliphatic heterocycles. The number of aryl methyl sites for hydroxylation is 1. The highest BCUT2D eigenvalue weighted by Crippen LogP contribution is 2.13. The smallest absolute Gasteiger partial charge is 0.303 e. The quantitative estimate of drug-likeness (QED) is 0.603. The largest absolute Gasteiger partial charge is 0.481 e. The molecule has 2 rings (SSSR count). The molecule has 0 unspecified atom stereocenters. The second-order valence-electron chi connectivity index (χ2n) is 7.38. The molecule has 1 aromatic heterocycles. The fourth-order valence-electron chi connectivity index (χ4n) is 2.98. The number of H-pyrrole nitrogens is 1. The van der Waals surface area contributed by atoms with Crippen LogP contribution in [0, 0.1) is 6.92 Å². The molecule has 1 aromatic rings. The first-order chi connectivity index (χ1) is 12.7. The number of nitrogens with zero attached hydrogens (tertiary/aromatic N) is 2. The highest BCUT2D eigenvalue weighted by atomic mass is 16.5. The Bertz CT molecular complexity index is 738. The number of hydrogen-bond acceptors (Lipinski definition) is 6. The number of carboxylic acids is 1. The number of rotatable bonds is 8. The summed E-state index contributed by atoms with van der Waals surface area (Å²) < 4.78 is 5.30. The minimum Gasteiger partial charge on any atom is -0.481 e. The first-order valence-electron chi connectivity index (χ1n) is 9.13. The van der Waals surface area contributed by atoms with Crippen molar-refractivity contribution >= 4 is 17.8 Å². The summed E-state index contributed by atoms with van der Waals surface area (Å²) in [6.07, 6.45) is 0.736. The topological polar surface area (TPSA) is 125 Å². The van der Waals surface area contributed by atoms with Gasteiger partial charge in [0, 0.05) is 42.7 Å². The summed E-state index contributed by atoms with van der Waals surface area (Å²) in [4.78, 5) is 44.6. The van der Waals surface area contributed by atoms with Crippen molar-refractivity contribution < 1.29 is 19.4 Å². The summed E-state index contributed by atoms with van der Waals surface area (Å²) in [5.74, 6) is -0.587. The van der Waals surface area contributed by atoms with Gasteiger partial charge in [-0.15, -0.1) is 0 Å². The molecule has 0 radical (unpaired) electrons. The number of amides is 1. The number of hydrogen-bond donors (Lipinski definition) is 3. The van der Waals surface area contributed by atoms with Gasteiger partial charge < -0.3 is 20.1 Å². The van der Waals surface area contributed by atoms with Gasteiger partial charge in [0.25, 0.3) is 5.56 Å². The lowest BCUT2D eigenvalue weighted by atomic mass is 9.98. The number of carbonyl (C=O) groups is 2. The van der Waals surface area contributed by atoms with E-state index in [2.05, 4.69) is 15.3 Å². The van der Waals surface area contributed by atoms with E-state index in [1.165, 1.54) is 0 Å². The first kappa shape index (κ1) is 20.9. The standard InChI is InChI=1S/C18H28N4O5/c1-12-13(4-5-14(23)21-18(2,3)7-6-15(24)25)16(26)20-17(19-12)22-8-10-27-11-9-22/h4-11H2,1-3H3,(H,21,23)(H,24,25)(H,19,20,26). The number of nitrogens with one attached hydrogen (secondary N) is 2.